The Labute approximate surface area is 101 Å². The molecule has 0 atom stereocenters. The minimum absolute atomic E-state index is 0.0467. The van der Waals surface area contributed by atoms with Crippen LogP contribution in [0.5, 0.6) is 0 Å². The number of hydrogen-bond acceptors (Lipinski definition) is 6. The van der Waals surface area contributed by atoms with Crippen molar-refractivity contribution >= 4 is 43.5 Å². The minimum Gasteiger partial charge on any atom is -0.267 e. The van der Waals surface area contributed by atoms with Gasteiger partial charge in [-0.25, -0.2) is 0 Å². The highest BCUT2D eigenvalue weighted by Gasteiger charge is 2.21. The zero-order chi connectivity index (χ0) is 11.8. The van der Waals surface area contributed by atoms with Gasteiger partial charge in [-0.3, -0.25) is 4.18 Å². The Morgan fingerprint density at radius 2 is 2.25 bits per heavy atom. The number of rotatable bonds is 3. The van der Waals surface area contributed by atoms with Gasteiger partial charge in [0.2, 0.25) is 0 Å². The fourth-order valence-electron chi connectivity index (χ4n) is 1.21. The number of fused-ring (bicyclic) bond motifs is 1. The van der Waals surface area contributed by atoms with Crippen LogP contribution in [0.3, 0.4) is 0 Å². The average Bonchev–Trinajstić information content (AvgIpc) is 2.66. The summed E-state index contributed by atoms with van der Waals surface area (Å²) in [6, 6.07) is 2.92. The fraction of sp³-hybridized carbons (Fsp3) is 0.250. The van der Waals surface area contributed by atoms with Crippen LogP contribution >= 0.6 is 23.1 Å². The van der Waals surface area contributed by atoms with E-state index in [1.807, 2.05) is 0 Å². The van der Waals surface area contributed by atoms with E-state index in [1.165, 1.54) is 6.07 Å². The summed E-state index contributed by atoms with van der Waals surface area (Å²) < 4.78 is 32.3. The SMILES string of the molecule is CCOS(=O)(=O)c1ccc2nnsc2c1Cl. The highest BCUT2D eigenvalue weighted by molar-refractivity contribution is 7.87. The Balaban J connectivity index is 2.66. The fourth-order valence-corrected chi connectivity index (χ4v) is 3.42. The van der Waals surface area contributed by atoms with E-state index in [-0.39, 0.29) is 16.5 Å². The molecule has 1 aromatic carbocycles. The Hall–Kier alpha value is -0.760. The molecule has 1 aromatic heterocycles. The first-order valence-electron chi connectivity index (χ1n) is 4.36. The molecule has 2 rings (SSSR count). The summed E-state index contributed by atoms with van der Waals surface area (Å²) in [5.74, 6) is 0. The van der Waals surface area contributed by atoms with E-state index < -0.39 is 10.1 Å². The standard InChI is InChI=1S/C8H7ClN2O3S2/c1-2-14-16(12,13)6-4-3-5-8(7(6)9)15-11-10-5/h3-4H,2H2,1H3. The van der Waals surface area contributed by atoms with Gasteiger partial charge in [-0.1, -0.05) is 16.1 Å². The first-order chi connectivity index (χ1) is 7.56. The van der Waals surface area contributed by atoms with Crippen LogP contribution in [-0.2, 0) is 14.3 Å². The van der Waals surface area contributed by atoms with E-state index in [2.05, 4.69) is 13.8 Å². The van der Waals surface area contributed by atoms with Crippen LogP contribution in [0.2, 0.25) is 5.02 Å². The molecule has 5 nitrogen and oxygen atoms in total. The topological polar surface area (TPSA) is 69.2 Å². The second kappa shape index (κ2) is 4.25. The van der Waals surface area contributed by atoms with Crippen molar-refractivity contribution in [3.8, 4) is 0 Å². The van der Waals surface area contributed by atoms with Crippen molar-refractivity contribution in [2.75, 3.05) is 6.61 Å². The number of nitrogens with zero attached hydrogens (tertiary/aromatic N) is 2. The third kappa shape index (κ3) is 1.91. The molecule has 2 aromatic rings. The largest absolute Gasteiger partial charge is 0.298 e. The molecule has 0 bridgehead atoms. The molecule has 0 N–H and O–H groups in total. The Morgan fingerprint density at radius 3 is 2.94 bits per heavy atom. The number of hydrogen-bond donors (Lipinski definition) is 0. The lowest BCUT2D eigenvalue weighted by molar-refractivity contribution is 0.338. The lowest BCUT2D eigenvalue weighted by Crippen LogP contribution is -2.06. The van der Waals surface area contributed by atoms with E-state index in [1.54, 1.807) is 13.0 Å². The molecule has 8 heteroatoms. The summed E-state index contributed by atoms with van der Waals surface area (Å²) in [7, 11) is -3.79. The number of aromatic nitrogens is 2. The first kappa shape index (κ1) is 11.7. The highest BCUT2D eigenvalue weighted by Crippen LogP contribution is 2.32. The summed E-state index contributed by atoms with van der Waals surface area (Å²) in [6.45, 7) is 1.66. The molecule has 0 aliphatic rings. The summed E-state index contributed by atoms with van der Waals surface area (Å²) >= 11 is 7.02. The smallest absolute Gasteiger partial charge is 0.267 e. The lowest BCUT2D eigenvalue weighted by Gasteiger charge is -2.05. The monoisotopic (exact) mass is 278 g/mol. The molecular formula is C8H7ClN2O3S2. The predicted molar refractivity (Wildman–Crippen MR) is 61.2 cm³/mol. The van der Waals surface area contributed by atoms with Crippen molar-refractivity contribution in [3.63, 3.8) is 0 Å². The maximum atomic E-state index is 11.7. The zero-order valence-electron chi connectivity index (χ0n) is 8.18. The Bertz CT molecular complexity index is 623. The van der Waals surface area contributed by atoms with Gasteiger partial charge in [-0.15, -0.1) is 5.10 Å². The predicted octanol–water partition coefficient (Wildman–Crippen LogP) is 2.07. The molecule has 0 unspecified atom stereocenters. The van der Waals surface area contributed by atoms with Crippen LogP contribution in [0, 0.1) is 0 Å². The van der Waals surface area contributed by atoms with Gasteiger partial charge >= 0.3 is 0 Å². The van der Waals surface area contributed by atoms with Crippen molar-refractivity contribution in [2.45, 2.75) is 11.8 Å². The summed E-state index contributed by atoms with van der Waals surface area (Å²) in [5.41, 5.74) is 0.574. The summed E-state index contributed by atoms with van der Waals surface area (Å²) in [5, 5.41) is 3.91. The molecule has 86 valence electrons. The molecule has 0 saturated heterocycles. The van der Waals surface area contributed by atoms with Crippen LogP contribution in [0.15, 0.2) is 17.0 Å². The third-order valence-corrected chi connectivity index (χ3v) is 4.66. The molecule has 16 heavy (non-hydrogen) atoms. The van der Waals surface area contributed by atoms with Crippen LogP contribution in [0.1, 0.15) is 6.92 Å². The number of benzene rings is 1. The van der Waals surface area contributed by atoms with Crippen LogP contribution < -0.4 is 0 Å². The van der Waals surface area contributed by atoms with Gasteiger partial charge in [0.1, 0.15) is 10.4 Å². The average molecular weight is 279 g/mol. The van der Waals surface area contributed by atoms with Crippen molar-refractivity contribution in [1.82, 2.24) is 9.59 Å². The molecular weight excluding hydrogens is 272 g/mol. The van der Waals surface area contributed by atoms with Crippen LogP contribution in [-0.4, -0.2) is 24.6 Å². The Morgan fingerprint density at radius 1 is 1.50 bits per heavy atom. The molecule has 0 fully saturated rings. The van der Waals surface area contributed by atoms with Gasteiger partial charge in [-0.2, -0.15) is 8.42 Å². The second-order valence-corrected chi connectivity index (χ2v) is 5.58. The molecule has 0 spiro atoms. The third-order valence-electron chi connectivity index (χ3n) is 1.86. The molecule has 0 aliphatic heterocycles. The molecule has 0 amide bonds. The molecule has 0 radical (unpaired) electrons. The van der Waals surface area contributed by atoms with E-state index in [9.17, 15) is 8.42 Å². The van der Waals surface area contributed by atoms with Gasteiger partial charge in [0.05, 0.1) is 16.3 Å². The first-order valence-corrected chi connectivity index (χ1v) is 6.92. The molecule has 1 heterocycles. The van der Waals surface area contributed by atoms with E-state index >= 15 is 0 Å². The van der Waals surface area contributed by atoms with Gasteiger partial charge in [0.15, 0.2) is 0 Å². The minimum atomic E-state index is -3.79. The van der Waals surface area contributed by atoms with Crippen molar-refractivity contribution in [3.05, 3.63) is 17.2 Å². The van der Waals surface area contributed by atoms with Gasteiger partial charge in [0.25, 0.3) is 10.1 Å². The second-order valence-electron chi connectivity index (χ2n) is 2.86. The van der Waals surface area contributed by atoms with Crippen LogP contribution in [0.4, 0.5) is 0 Å². The highest BCUT2D eigenvalue weighted by atomic mass is 35.5. The maximum Gasteiger partial charge on any atom is 0.298 e. The van der Waals surface area contributed by atoms with Crippen molar-refractivity contribution in [1.29, 1.82) is 0 Å². The van der Waals surface area contributed by atoms with Crippen molar-refractivity contribution in [2.24, 2.45) is 0 Å². The van der Waals surface area contributed by atoms with Gasteiger partial charge < -0.3 is 0 Å². The molecule has 0 saturated carbocycles. The summed E-state index contributed by atoms with van der Waals surface area (Å²) in [6.07, 6.45) is 0. The van der Waals surface area contributed by atoms with Crippen LogP contribution in [0.25, 0.3) is 10.2 Å². The number of halogens is 1. The van der Waals surface area contributed by atoms with E-state index in [4.69, 9.17) is 11.6 Å². The van der Waals surface area contributed by atoms with Crippen molar-refractivity contribution < 1.29 is 12.6 Å². The quantitative estimate of drug-likeness (QED) is 0.804. The van der Waals surface area contributed by atoms with E-state index in [0.29, 0.717) is 10.2 Å². The maximum absolute atomic E-state index is 11.7. The Kier molecular flexibility index (Phi) is 3.11. The molecule has 0 aliphatic carbocycles. The van der Waals surface area contributed by atoms with Gasteiger partial charge in [0, 0.05) is 0 Å². The normalized spacial score (nSPS) is 12.1. The van der Waals surface area contributed by atoms with E-state index in [0.717, 1.165) is 11.5 Å². The van der Waals surface area contributed by atoms with Gasteiger partial charge in [-0.05, 0) is 30.6 Å². The summed E-state index contributed by atoms with van der Waals surface area (Å²) in [4.78, 5) is -0.0467. The lowest BCUT2D eigenvalue weighted by atomic mass is 10.3. The zero-order valence-corrected chi connectivity index (χ0v) is 10.6.